The van der Waals surface area contributed by atoms with E-state index in [2.05, 4.69) is 39.8 Å². The van der Waals surface area contributed by atoms with E-state index in [0.717, 1.165) is 30.9 Å². The van der Waals surface area contributed by atoms with Crippen LogP contribution in [0.3, 0.4) is 0 Å². The van der Waals surface area contributed by atoms with Gasteiger partial charge in [0.1, 0.15) is 23.9 Å². The van der Waals surface area contributed by atoms with Crippen LogP contribution in [0.25, 0.3) is 0 Å². The Hall–Kier alpha value is -4.25. The van der Waals surface area contributed by atoms with Crippen molar-refractivity contribution in [2.45, 2.75) is 99.4 Å². The highest BCUT2D eigenvalue weighted by Crippen LogP contribution is 2.42. The van der Waals surface area contributed by atoms with Gasteiger partial charge >= 0.3 is 11.9 Å². The van der Waals surface area contributed by atoms with Gasteiger partial charge in [-0.25, -0.2) is 0 Å². The van der Waals surface area contributed by atoms with E-state index in [0.29, 0.717) is 28.9 Å². The van der Waals surface area contributed by atoms with Crippen LogP contribution in [0, 0.1) is 17.8 Å². The maximum atomic E-state index is 12.7. The van der Waals surface area contributed by atoms with Gasteiger partial charge < -0.3 is 24.1 Å². The lowest BCUT2D eigenvalue weighted by Crippen LogP contribution is -2.57. The average Bonchev–Trinajstić information content (AvgIpc) is 3.12. The van der Waals surface area contributed by atoms with E-state index < -0.39 is 52.5 Å². The first-order chi connectivity index (χ1) is 25.2. The molecule has 0 saturated heterocycles. The fraction of sp³-hybridized carbons (Fsp3) is 0.452. The number of halogens is 2. The molecule has 10 nitrogen and oxygen atoms in total. The number of rotatable bonds is 10. The second kappa shape index (κ2) is 18.4. The van der Waals surface area contributed by atoms with Crippen LogP contribution in [-0.2, 0) is 42.9 Å². The van der Waals surface area contributed by atoms with Crippen molar-refractivity contribution in [3.63, 3.8) is 0 Å². The van der Waals surface area contributed by atoms with Gasteiger partial charge in [-0.3, -0.25) is 24.0 Å². The number of hydrogen-bond acceptors (Lipinski definition) is 10. The summed E-state index contributed by atoms with van der Waals surface area (Å²) in [6.07, 6.45) is 17.2. The molecule has 2 aliphatic heterocycles. The Morgan fingerprint density at radius 1 is 0.870 bits per heavy atom. The first kappa shape index (κ1) is 44.1. The lowest BCUT2D eigenvalue weighted by atomic mass is 9.74. The quantitative estimate of drug-likeness (QED) is 0.131. The molecule has 0 aromatic heterocycles. The third-order valence-corrected chi connectivity index (χ3v) is 10.2. The number of carbonyl (C=O) groups is 5. The van der Waals surface area contributed by atoms with Crippen molar-refractivity contribution < 1.29 is 48.0 Å². The van der Waals surface area contributed by atoms with Crippen LogP contribution in [0.15, 0.2) is 104 Å². The summed E-state index contributed by atoms with van der Waals surface area (Å²) in [6.45, 7) is 17.6. The molecule has 1 N–H and O–H groups in total. The van der Waals surface area contributed by atoms with E-state index in [1.165, 1.54) is 33.1 Å². The van der Waals surface area contributed by atoms with Gasteiger partial charge in [-0.15, -0.1) is 0 Å². The van der Waals surface area contributed by atoms with Crippen LogP contribution >= 0.6 is 23.2 Å². The fourth-order valence-electron chi connectivity index (χ4n) is 6.03. The molecule has 0 spiro atoms. The third kappa shape index (κ3) is 10.3. The molecule has 0 aromatic rings. The number of aliphatic hydroxyl groups is 1. The highest BCUT2D eigenvalue weighted by Gasteiger charge is 2.54. The van der Waals surface area contributed by atoms with Crippen molar-refractivity contribution in [1.29, 1.82) is 0 Å². The maximum Gasteiger partial charge on any atom is 0.304 e. The van der Waals surface area contributed by atoms with Crippen LogP contribution in [0.2, 0.25) is 0 Å². The third-order valence-electron chi connectivity index (χ3n) is 9.44. The van der Waals surface area contributed by atoms with E-state index in [-0.39, 0.29) is 27.8 Å². The monoisotopic (exact) mass is 784 g/mol. The van der Waals surface area contributed by atoms with E-state index in [1.54, 1.807) is 12.2 Å². The number of esters is 2. The number of ether oxygens (including phenoxy) is 4. The summed E-state index contributed by atoms with van der Waals surface area (Å²) >= 11 is 12.4. The summed E-state index contributed by atoms with van der Waals surface area (Å²) in [5.41, 5.74) is -0.791. The molecule has 4 aliphatic rings. The van der Waals surface area contributed by atoms with Gasteiger partial charge in [0.2, 0.25) is 23.0 Å². The summed E-state index contributed by atoms with van der Waals surface area (Å²) in [7, 11) is 0. The molecule has 12 heteroatoms. The second-order valence-corrected chi connectivity index (χ2v) is 15.0. The molecule has 6 atom stereocenters. The van der Waals surface area contributed by atoms with Gasteiger partial charge in [0.05, 0.1) is 28.2 Å². The zero-order valence-corrected chi connectivity index (χ0v) is 34.0. The smallest absolute Gasteiger partial charge is 0.304 e. The SMILES string of the molecule is CCC(C)/C=C(C)/C=C/C1=CC2=C(Cl)C(=O)[C@](C)(O)C(OC(C)=O)C2CO1.CCC(C)/C=C(C)/C=C/C1=CC2=C(Cl)C(=O)[C@](C)(OC(C)=O)C(=O)C2=CO1. The molecule has 2 aliphatic carbocycles. The Morgan fingerprint density at radius 3 is 1.94 bits per heavy atom. The minimum Gasteiger partial charge on any atom is -0.493 e. The lowest BCUT2D eigenvalue weighted by molar-refractivity contribution is -0.174. The predicted molar refractivity (Wildman–Crippen MR) is 207 cm³/mol. The molecule has 0 saturated carbocycles. The Morgan fingerprint density at radius 2 is 1.43 bits per heavy atom. The molecule has 0 amide bonds. The van der Waals surface area contributed by atoms with Crippen molar-refractivity contribution in [3.8, 4) is 0 Å². The van der Waals surface area contributed by atoms with Gasteiger partial charge in [0.25, 0.3) is 0 Å². The normalized spacial score (nSPS) is 27.1. The Labute approximate surface area is 327 Å². The second-order valence-electron chi connectivity index (χ2n) is 14.2. The highest BCUT2D eigenvalue weighted by atomic mass is 35.5. The highest BCUT2D eigenvalue weighted by molar-refractivity contribution is 6.49. The maximum absolute atomic E-state index is 12.7. The van der Waals surface area contributed by atoms with Gasteiger partial charge in [0, 0.05) is 19.4 Å². The number of carbonyl (C=O) groups excluding carboxylic acids is 5. The van der Waals surface area contributed by atoms with Crippen molar-refractivity contribution in [2.24, 2.45) is 17.8 Å². The van der Waals surface area contributed by atoms with Crippen LogP contribution in [0.4, 0.5) is 0 Å². The molecular weight excluding hydrogens is 735 g/mol. The zero-order chi connectivity index (χ0) is 40.7. The first-order valence-electron chi connectivity index (χ1n) is 17.9. The number of hydrogen-bond donors (Lipinski definition) is 1. The molecule has 0 aromatic carbocycles. The molecule has 0 fully saturated rings. The van der Waals surface area contributed by atoms with E-state index in [4.69, 9.17) is 42.1 Å². The van der Waals surface area contributed by atoms with Crippen molar-refractivity contribution >= 4 is 52.5 Å². The number of Topliss-reactive ketones (excluding diaryl/α,β-unsaturated/α-hetero) is 3. The fourth-order valence-corrected chi connectivity index (χ4v) is 6.76. The Balaban J connectivity index is 0.000000290. The summed E-state index contributed by atoms with van der Waals surface area (Å²) in [4.78, 5) is 60.5. The average molecular weight is 786 g/mol. The molecule has 2 heterocycles. The number of ketones is 3. The summed E-state index contributed by atoms with van der Waals surface area (Å²) in [5, 5.41) is 10.4. The molecule has 4 unspecified atom stereocenters. The standard InChI is InChI=1S/C21H27ClO5.C21H23ClO5/c1-6-12(2)9-13(3)7-8-15-10-16-17(11-26-15)20(27-14(4)23)21(5,25)19(24)18(16)22;1-6-12(2)9-13(3)7-8-15-10-16-17(11-26-15)19(24)21(5,27-14(4)23)20(25)18(16)22/h7-10,12,17,20,25H,6,11H2,1-5H3;7-12H,6H2,1-5H3/b2*8-7+,13-9+/t12?,17?,20?,21-;12?,21-/m01/s1. The van der Waals surface area contributed by atoms with Crippen LogP contribution in [-0.4, -0.2) is 58.3 Å². The van der Waals surface area contributed by atoms with E-state index in [9.17, 15) is 29.1 Å². The van der Waals surface area contributed by atoms with Crippen LogP contribution in [0.1, 0.15) is 82.1 Å². The van der Waals surface area contributed by atoms with E-state index in [1.807, 2.05) is 32.1 Å². The van der Waals surface area contributed by atoms with Gasteiger partial charge in [-0.1, -0.05) is 99.2 Å². The predicted octanol–water partition coefficient (Wildman–Crippen LogP) is 8.12. The minimum absolute atomic E-state index is 0.0468. The molecule has 0 bridgehead atoms. The number of fused-ring (bicyclic) bond motifs is 2. The summed E-state index contributed by atoms with van der Waals surface area (Å²) < 4.78 is 21.5. The van der Waals surface area contributed by atoms with Crippen molar-refractivity contribution in [3.05, 3.63) is 104 Å². The minimum atomic E-state index is -1.97. The molecular formula is C42H50Cl2O10. The number of allylic oxidation sites excluding steroid dienone is 11. The largest absolute Gasteiger partial charge is 0.493 e. The van der Waals surface area contributed by atoms with Crippen molar-refractivity contribution in [2.75, 3.05) is 6.61 Å². The Kier molecular flexibility index (Phi) is 15.0. The van der Waals surface area contributed by atoms with Gasteiger partial charge in [-0.2, -0.15) is 0 Å². The summed E-state index contributed by atoms with van der Waals surface area (Å²) in [6, 6.07) is 0. The lowest BCUT2D eigenvalue weighted by Gasteiger charge is -2.42. The van der Waals surface area contributed by atoms with Crippen molar-refractivity contribution in [1.82, 2.24) is 0 Å². The Bertz CT molecular complexity index is 1850. The first-order valence-corrected chi connectivity index (χ1v) is 18.6. The van der Waals surface area contributed by atoms with E-state index >= 15 is 0 Å². The topological polar surface area (TPSA) is 142 Å². The molecule has 0 radical (unpaired) electrons. The molecule has 292 valence electrons. The van der Waals surface area contributed by atoms with Crippen LogP contribution < -0.4 is 0 Å². The van der Waals surface area contributed by atoms with Crippen LogP contribution in [0.5, 0.6) is 0 Å². The zero-order valence-electron chi connectivity index (χ0n) is 32.5. The van der Waals surface area contributed by atoms with Gasteiger partial charge in [0.15, 0.2) is 5.60 Å². The molecule has 4 rings (SSSR count). The van der Waals surface area contributed by atoms with Gasteiger partial charge in [-0.05, 0) is 69.4 Å². The summed E-state index contributed by atoms with van der Waals surface area (Å²) in [5.74, 6) is -1.93. The molecule has 54 heavy (non-hydrogen) atoms.